The Balaban J connectivity index is 1.47. The van der Waals surface area contributed by atoms with Crippen LogP contribution in [0.25, 0.3) is 0 Å². The van der Waals surface area contributed by atoms with Gasteiger partial charge in [-0.1, -0.05) is 12.1 Å². The SMILES string of the molecule is CCN(CC)c1ccc(CNC2CCN(C3CC3)C2)cc1. The van der Waals surface area contributed by atoms with E-state index >= 15 is 0 Å². The first kappa shape index (κ1) is 14.9. The van der Waals surface area contributed by atoms with Gasteiger partial charge < -0.3 is 10.2 Å². The number of rotatable bonds is 7. The van der Waals surface area contributed by atoms with Crippen molar-refractivity contribution in [2.45, 2.75) is 51.7 Å². The molecule has 0 aromatic heterocycles. The lowest BCUT2D eigenvalue weighted by Crippen LogP contribution is -2.32. The molecule has 0 spiro atoms. The van der Waals surface area contributed by atoms with Crippen molar-refractivity contribution in [1.82, 2.24) is 10.2 Å². The second-order valence-corrected chi connectivity index (χ2v) is 6.43. The number of nitrogens with one attached hydrogen (secondary N) is 1. The molecule has 1 aromatic carbocycles. The molecule has 116 valence electrons. The summed E-state index contributed by atoms with van der Waals surface area (Å²) in [7, 11) is 0. The van der Waals surface area contributed by atoms with E-state index < -0.39 is 0 Å². The summed E-state index contributed by atoms with van der Waals surface area (Å²) in [5, 5.41) is 3.73. The highest BCUT2D eigenvalue weighted by Crippen LogP contribution is 2.29. The van der Waals surface area contributed by atoms with Crippen LogP contribution >= 0.6 is 0 Å². The molecule has 0 radical (unpaired) electrons. The van der Waals surface area contributed by atoms with Gasteiger partial charge in [-0.2, -0.15) is 0 Å². The second kappa shape index (κ2) is 6.80. The van der Waals surface area contributed by atoms with Crippen LogP contribution in [0.15, 0.2) is 24.3 Å². The van der Waals surface area contributed by atoms with Crippen LogP contribution in [0.3, 0.4) is 0 Å². The van der Waals surface area contributed by atoms with Crippen molar-refractivity contribution in [3.63, 3.8) is 0 Å². The Bertz CT molecular complexity index is 434. The highest BCUT2D eigenvalue weighted by atomic mass is 15.2. The zero-order valence-electron chi connectivity index (χ0n) is 13.5. The standard InChI is InChI=1S/C18H29N3/c1-3-20(4-2)17-7-5-15(6-8-17)13-19-16-11-12-21(14-16)18-9-10-18/h5-8,16,18-19H,3-4,9-14H2,1-2H3. The quantitative estimate of drug-likeness (QED) is 0.832. The number of benzene rings is 1. The third-order valence-electron chi connectivity index (χ3n) is 4.94. The molecule has 1 saturated heterocycles. The monoisotopic (exact) mass is 287 g/mol. The molecule has 1 unspecified atom stereocenters. The molecule has 2 fully saturated rings. The first-order chi connectivity index (χ1) is 10.3. The van der Waals surface area contributed by atoms with E-state index in [9.17, 15) is 0 Å². The van der Waals surface area contributed by atoms with Crippen LogP contribution in [0.5, 0.6) is 0 Å². The zero-order valence-corrected chi connectivity index (χ0v) is 13.5. The van der Waals surface area contributed by atoms with Gasteiger partial charge in [0.2, 0.25) is 0 Å². The average Bonchev–Trinajstić information content (AvgIpc) is 3.27. The van der Waals surface area contributed by atoms with Crippen LogP contribution in [-0.2, 0) is 6.54 Å². The summed E-state index contributed by atoms with van der Waals surface area (Å²) in [6, 6.07) is 10.7. The van der Waals surface area contributed by atoms with Crippen molar-refractivity contribution in [2.75, 3.05) is 31.1 Å². The molecule has 1 aliphatic heterocycles. The number of likely N-dealkylation sites (tertiary alicyclic amines) is 1. The molecule has 1 aromatic rings. The molecule has 0 bridgehead atoms. The minimum Gasteiger partial charge on any atom is -0.372 e. The van der Waals surface area contributed by atoms with Gasteiger partial charge in [-0.3, -0.25) is 4.90 Å². The summed E-state index contributed by atoms with van der Waals surface area (Å²) in [4.78, 5) is 5.06. The Morgan fingerprint density at radius 1 is 1.10 bits per heavy atom. The average molecular weight is 287 g/mol. The summed E-state index contributed by atoms with van der Waals surface area (Å²) in [6.45, 7) is 10.1. The number of nitrogens with zero attached hydrogens (tertiary/aromatic N) is 2. The molecule has 1 N–H and O–H groups in total. The summed E-state index contributed by atoms with van der Waals surface area (Å²) < 4.78 is 0. The first-order valence-electron chi connectivity index (χ1n) is 8.61. The fourth-order valence-electron chi connectivity index (χ4n) is 3.40. The van der Waals surface area contributed by atoms with E-state index in [1.54, 1.807) is 0 Å². The maximum atomic E-state index is 3.73. The van der Waals surface area contributed by atoms with Gasteiger partial charge in [-0.15, -0.1) is 0 Å². The van der Waals surface area contributed by atoms with E-state index in [1.165, 1.54) is 43.6 Å². The van der Waals surface area contributed by atoms with Crippen molar-refractivity contribution in [1.29, 1.82) is 0 Å². The Morgan fingerprint density at radius 3 is 2.43 bits per heavy atom. The smallest absolute Gasteiger partial charge is 0.0366 e. The largest absolute Gasteiger partial charge is 0.372 e. The predicted octanol–water partition coefficient (Wildman–Crippen LogP) is 2.86. The van der Waals surface area contributed by atoms with Gasteiger partial charge in [0, 0.05) is 50.5 Å². The molecule has 1 atom stereocenters. The van der Waals surface area contributed by atoms with Crippen molar-refractivity contribution in [3.8, 4) is 0 Å². The summed E-state index contributed by atoms with van der Waals surface area (Å²) in [6.07, 6.45) is 4.17. The van der Waals surface area contributed by atoms with Gasteiger partial charge in [0.05, 0.1) is 0 Å². The van der Waals surface area contributed by atoms with Gasteiger partial charge in [0.1, 0.15) is 0 Å². The summed E-state index contributed by atoms with van der Waals surface area (Å²) >= 11 is 0. The van der Waals surface area contributed by atoms with Crippen molar-refractivity contribution >= 4 is 5.69 Å². The minimum absolute atomic E-state index is 0.688. The molecule has 3 rings (SSSR count). The highest BCUT2D eigenvalue weighted by Gasteiger charge is 2.33. The van der Waals surface area contributed by atoms with Gasteiger partial charge in [0.25, 0.3) is 0 Å². The van der Waals surface area contributed by atoms with Crippen LogP contribution in [0, 0.1) is 0 Å². The third-order valence-corrected chi connectivity index (χ3v) is 4.94. The van der Waals surface area contributed by atoms with Crippen molar-refractivity contribution in [2.24, 2.45) is 0 Å². The van der Waals surface area contributed by atoms with E-state index in [1.807, 2.05) is 0 Å². The minimum atomic E-state index is 0.688. The van der Waals surface area contributed by atoms with E-state index in [4.69, 9.17) is 0 Å². The van der Waals surface area contributed by atoms with Gasteiger partial charge >= 0.3 is 0 Å². The lowest BCUT2D eigenvalue weighted by atomic mass is 10.1. The zero-order chi connectivity index (χ0) is 14.7. The predicted molar refractivity (Wildman–Crippen MR) is 89.8 cm³/mol. The van der Waals surface area contributed by atoms with Crippen LogP contribution in [-0.4, -0.2) is 43.2 Å². The van der Waals surface area contributed by atoms with E-state index in [0.29, 0.717) is 6.04 Å². The highest BCUT2D eigenvalue weighted by molar-refractivity contribution is 5.47. The Kier molecular flexibility index (Phi) is 4.81. The first-order valence-corrected chi connectivity index (χ1v) is 8.61. The normalized spacial score (nSPS) is 22.7. The lowest BCUT2D eigenvalue weighted by molar-refractivity contribution is 0.317. The van der Waals surface area contributed by atoms with Crippen molar-refractivity contribution < 1.29 is 0 Å². The number of hydrogen-bond donors (Lipinski definition) is 1. The Labute approximate surface area is 129 Å². The molecule has 21 heavy (non-hydrogen) atoms. The van der Waals surface area contributed by atoms with Crippen LogP contribution in [0.2, 0.25) is 0 Å². The van der Waals surface area contributed by atoms with Crippen LogP contribution in [0.4, 0.5) is 5.69 Å². The number of hydrogen-bond acceptors (Lipinski definition) is 3. The molecule has 0 amide bonds. The van der Waals surface area contributed by atoms with Gasteiger partial charge in [-0.25, -0.2) is 0 Å². The summed E-state index contributed by atoms with van der Waals surface area (Å²) in [5.74, 6) is 0. The molecule has 3 heteroatoms. The molecule has 3 nitrogen and oxygen atoms in total. The number of anilines is 1. The van der Waals surface area contributed by atoms with Crippen LogP contribution in [0.1, 0.15) is 38.7 Å². The molecule has 1 saturated carbocycles. The molecule has 2 aliphatic rings. The van der Waals surface area contributed by atoms with E-state index in [-0.39, 0.29) is 0 Å². The maximum Gasteiger partial charge on any atom is 0.0366 e. The lowest BCUT2D eigenvalue weighted by Gasteiger charge is -2.21. The fraction of sp³-hybridized carbons (Fsp3) is 0.667. The molecule has 1 heterocycles. The fourth-order valence-corrected chi connectivity index (χ4v) is 3.40. The van der Waals surface area contributed by atoms with E-state index in [2.05, 4.69) is 53.2 Å². The summed E-state index contributed by atoms with van der Waals surface area (Å²) in [5.41, 5.74) is 2.74. The van der Waals surface area contributed by atoms with Gasteiger partial charge in [-0.05, 0) is 50.8 Å². The molecular formula is C18H29N3. The molecular weight excluding hydrogens is 258 g/mol. The van der Waals surface area contributed by atoms with Crippen LogP contribution < -0.4 is 10.2 Å². The Morgan fingerprint density at radius 2 is 1.81 bits per heavy atom. The second-order valence-electron chi connectivity index (χ2n) is 6.43. The third kappa shape index (κ3) is 3.78. The Hall–Kier alpha value is -1.06. The molecule has 1 aliphatic carbocycles. The van der Waals surface area contributed by atoms with Gasteiger partial charge in [0.15, 0.2) is 0 Å². The topological polar surface area (TPSA) is 18.5 Å². The van der Waals surface area contributed by atoms with E-state index in [0.717, 1.165) is 25.7 Å². The maximum absolute atomic E-state index is 3.73. The van der Waals surface area contributed by atoms with Crippen molar-refractivity contribution in [3.05, 3.63) is 29.8 Å².